The number of alkyl halides is 2. The molecule has 6 nitrogen and oxygen atoms in total. The molecule has 0 saturated heterocycles. The van der Waals surface area contributed by atoms with Crippen LogP contribution >= 0.6 is 0 Å². The van der Waals surface area contributed by atoms with Gasteiger partial charge in [-0.05, 0) is 49.4 Å². The molecule has 0 aromatic heterocycles. The molecule has 1 aromatic rings. The van der Waals surface area contributed by atoms with Crippen molar-refractivity contribution in [2.45, 2.75) is 62.8 Å². The standard InChI is InChI=1S/C19H25F2NO5S/c1-11-5-4-6-16(12(11)2)22-17(23)13(3)27-18(24)14-7-9-15(10-8-14)28(25,26)19(20)21/h7-13,16,19H,4-6H2,1-3H3,(H,22,23)/t11-,12-,13-,16+/m1/s1. The maximum Gasteiger partial charge on any atom is 0.341 e. The van der Waals surface area contributed by atoms with Crippen molar-refractivity contribution in [2.24, 2.45) is 11.8 Å². The molecule has 156 valence electrons. The number of benzene rings is 1. The molecule has 2 rings (SSSR count). The molecule has 1 fully saturated rings. The molecule has 1 saturated carbocycles. The molecule has 0 bridgehead atoms. The summed E-state index contributed by atoms with van der Waals surface area (Å²) in [6, 6.07) is 4.00. The van der Waals surface area contributed by atoms with Gasteiger partial charge in [0.15, 0.2) is 6.10 Å². The van der Waals surface area contributed by atoms with Crippen molar-refractivity contribution in [3.63, 3.8) is 0 Å². The Hall–Kier alpha value is -2.03. The van der Waals surface area contributed by atoms with Crippen LogP contribution < -0.4 is 5.32 Å². The number of carbonyl (C=O) groups excluding carboxylic acids is 2. The zero-order valence-corrected chi connectivity index (χ0v) is 16.8. The van der Waals surface area contributed by atoms with Gasteiger partial charge in [0, 0.05) is 6.04 Å². The maximum absolute atomic E-state index is 12.5. The van der Waals surface area contributed by atoms with Crippen molar-refractivity contribution >= 4 is 21.7 Å². The Morgan fingerprint density at radius 1 is 1.14 bits per heavy atom. The van der Waals surface area contributed by atoms with E-state index in [0.29, 0.717) is 11.8 Å². The minimum atomic E-state index is -4.73. The highest BCUT2D eigenvalue weighted by Gasteiger charge is 2.30. The SMILES string of the molecule is C[C@@H]1[C@H](C)CCC[C@@H]1NC(=O)[C@@H](C)OC(=O)c1ccc(S(=O)(=O)C(F)F)cc1. The van der Waals surface area contributed by atoms with Crippen LogP contribution in [0.3, 0.4) is 0 Å². The number of halogens is 2. The Balaban J connectivity index is 1.97. The molecule has 0 unspecified atom stereocenters. The number of amides is 1. The Morgan fingerprint density at radius 3 is 2.32 bits per heavy atom. The molecule has 9 heteroatoms. The Labute approximate surface area is 163 Å². The van der Waals surface area contributed by atoms with E-state index in [1.54, 1.807) is 0 Å². The van der Waals surface area contributed by atoms with Crippen LogP contribution in [0.15, 0.2) is 29.2 Å². The minimum absolute atomic E-state index is 0.0243. The summed E-state index contributed by atoms with van der Waals surface area (Å²) in [5.74, 6) is -3.96. The van der Waals surface area contributed by atoms with Crippen molar-refractivity contribution in [3.8, 4) is 0 Å². The van der Waals surface area contributed by atoms with Crippen molar-refractivity contribution in [1.82, 2.24) is 5.32 Å². The molecule has 0 spiro atoms. The van der Waals surface area contributed by atoms with Gasteiger partial charge in [-0.15, -0.1) is 0 Å². The number of esters is 1. The van der Waals surface area contributed by atoms with Gasteiger partial charge in [0.25, 0.3) is 5.91 Å². The van der Waals surface area contributed by atoms with Gasteiger partial charge in [-0.2, -0.15) is 8.78 Å². The summed E-state index contributed by atoms with van der Waals surface area (Å²) in [4.78, 5) is 23.9. The van der Waals surface area contributed by atoms with Crippen molar-refractivity contribution in [1.29, 1.82) is 0 Å². The lowest BCUT2D eigenvalue weighted by Gasteiger charge is -2.35. The molecule has 4 atom stereocenters. The van der Waals surface area contributed by atoms with E-state index in [1.807, 2.05) is 0 Å². The predicted molar refractivity (Wildman–Crippen MR) is 98.6 cm³/mol. The van der Waals surface area contributed by atoms with Crippen molar-refractivity contribution in [2.75, 3.05) is 0 Å². The molecule has 1 aliphatic carbocycles. The largest absolute Gasteiger partial charge is 0.449 e. The number of sulfone groups is 1. The third kappa shape index (κ3) is 5.06. The monoisotopic (exact) mass is 417 g/mol. The number of ether oxygens (including phenoxy) is 1. The van der Waals surface area contributed by atoms with Crippen molar-refractivity contribution in [3.05, 3.63) is 29.8 Å². The van der Waals surface area contributed by atoms with Gasteiger partial charge >= 0.3 is 11.7 Å². The number of nitrogens with one attached hydrogen (secondary N) is 1. The van der Waals surface area contributed by atoms with E-state index < -0.39 is 38.5 Å². The quantitative estimate of drug-likeness (QED) is 0.718. The van der Waals surface area contributed by atoms with E-state index in [2.05, 4.69) is 19.2 Å². The zero-order chi connectivity index (χ0) is 21.1. The molecular formula is C19H25F2NO5S. The summed E-state index contributed by atoms with van der Waals surface area (Å²) in [5.41, 5.74) is -0.0347. The lowest BCUT2D eigenvalue weighted by Crippen LogP contribution is -2.47. The molecule has 1 amide bonds. The first-order chi connectivity index (χ1) is 13.0. The van der Waals surface area contributed by atoms with Gasteiger partial charge in [0.2, 0.25) is 9.84 Å². The number of carbonyl (C=O) groups is 2. The normalized spacial score (nSPS) is 23.9. The van der Waals surface area contributed by atoms with Crippen LogP contribution in [0.25, 0.3) is 0 Å². The lowest BCUT2D eigenvalue weighted by molar-refractivity contribution is -0.130. The number of hydrogen-bond donors (Lipinski definition) is 1. The Morgan fingerprint density at radius 2 is 1.75 bits per heavy atom. The highest BCUT2D eigenvalue weighted by atomic mass is 32.2. The fourth-order valence-electron chi connectivity index (χ4n) is 3.25. The number of rotatable bonds is 6. The fourth-order valence-corrected chi connectivity index (χ4v) is 3.97. The summed E-state index contributed by atoms with van der Waals surface area (Å²) < 4.78 is 53.0. The van der Waals surface area contributed by atoms with E-state index in [9.17, 15) is 26.8 Å². The lowest BCUT2D eigenvalue weighted by atomic mass is 9.78. The van der Waals surface area contributed by atoms with Gasteiger partial charge in [-0.1, -0.05) is 26.7 Å². The molecule has 0 heterocycles. The van der Waals surface area contributed by atoms with E-state index in [-0.39, 0.29) is 11.6 Å². The highest BCUT2D eigenvalue weighted by Crippen LogP contribution is 2.29. The van der Waals surface area contributed by atoms with Crippen LogP contribution in [0.2, 0.25) is 0 Å². The highest BCUT2D eigenvalue weighted by molar-refractivity contribution is 7.91. The minimum Gasteiger partial charge on any atom is -0.449 e. The number of hydrogen-bond acceptors (Lipinski definition) is 5. The summed E-state index contributed by atoms with van der Waals surface area (Å²) >= 11 is 0. The van der Waals surface area contributed by atoms with Gasteiger partial charge < -0.3 is 10.1 Å². The third-order valence-electron chi connectivity index (χ3n) is 5.34. The van der Waals surface area contributed by atoms with Crippen LogP contribution in [-0.4, -0.2) is 38.2 Å². The average molecular weight is 417 g/mol. The average Bonchev–Trinajstić information content (AvgIpc) is 2.65. The molecular weight excluding hydrogens is 392 g/mol. The molecule has 28 heavy (non-hydrogen) atoms. The van der Waals surface area contributed by atoms with Crippen LogP contribution in [-0.2, 0) is 19.4 Å². The van der Waals surface area contributed by atoms with Gasteiger partial charge in [-0.3, -0.25) is 4.79 Å². The van der Waals surface area contributed by atoms with E-state index >= 15 is 0 Å². The first-order valence-electron chi connectivity index (χ1n) is 9.17. The molecule has 1 N–H and O–H groups in total. The topological polar surface area (TPSA) is 89.5 Å². The van der Waals surface area contributed by atoms with E-state index in [4.69, 9.17) is 4.74 Å². The molecule has 0 radical (unpaired) electrons. The van der Waals surface area contributed by atoms with Gasteiger partial charge in [0.1, 0.15) is 0 Å². The maximum atomic E-state index is 12.5. The molecule has 0 aliphatic heterocycles. The predicted octanol–water partition coefficient (Wildman–Crippen LogP) is 3.17. The van der Waals surface area contributed by atoms with Gasteiger partial charge in [0.05, 0.1) is 10.5 Å². The first kappa shape index (κ1) is 22.3. The first-order valence-corrected chi connectivity index (χ1v) is 10.7. The summed E-state index contributed by atoms with van der Waals surface area (Å²) in [5, 5.41) is 2.92. The van der Waals surface area contributed by atoms with Crippen LogP contribution in [0.5, 0.6) is 0 Å². The third-order valence-corrected chi connectivity index (χ3v) is 6.74. The summed E-state index contributed by atoms with van der Waals surface area (Å²) in [7, 11) is -4.73. The van der Waals surface area contributed by atoms with Crippen molar-refractivity contribution < 1.29 is 31.5 Å². The second kappa shape index (κ2) is 8.98. The summed E-state index contributed by atoms with van der Waals surface area (Å²) in [6.45, 7) is 5.67. The van der Waals surface area contributed by atoms with E-state index in [0.717, 1.165) is 43.5 Å². The Bertz CT molecular complexity index is 810. The molecule has 1 aliphatic rings. The second-order valence-electron chi connectivity index (χ2n) is 7.26. The van der Waals surface area contributed by atoms with E-state index in [1.165, 1.54) is 6.92 Å². The second-order valence-corrected chi connectivity index (χ2v) is 9.18. The van der Waals surface area contributed by atoms with Crippen LogP contribution in [0.1, 0.15) is 50.4 Å². The summed E-state index contributed by atoms with van der Waals surface area (Å²) in [6.07, 6.45) is 1.98. The van der Waals surface area contributed by atoms with Crippen LogP contribution in [0, 0.1) is 11.8 Å². The van der Waals surface area contributed by atoms with Gasteiger partial charge in [-0.25, -0.2) is 13.2 Å². The Kier molecular flexibility index (Phi) is 7.14. The van der Waals surface area contributed by atoms with Crippen LogP contribution in [0.4, 0.5) is 8.78 Å². The smallest absolute Gasteiger partial charge is 0.341 e. The zero-order valence-electron chi connectivity index (χ0n) is 16.0. The fraction of sp³-hybridized carbons (Fsp3) is 0.579. The molecule has 1 aromatic carbocycles.